The van der Waals surface area contributed by atoms with Gasteiger partial charge in [-0.3, -0.25) is 4.79 Å². The number of nitrogens with zero attached hydrogens (tertiary/aromatic N) is 6. The van der Waals surface area contributed by atoms with E-state index in [0.29, 0.717) is 24.6 Å². The first-order chi connectivity index (χ1) is 16.9. The Morgan fingerprint density at radius 3 is 2.60 bits per heavy atom. The van der Waals surface area contributed by atoms with Crippen molar-refractivity contribution in [2.24, 2.45) is 5.10 Å². The first-order valence-corrected chi connectivity index (χ1v) is 10.5. The molecule has 0 saturated carbocycles. The molecule has 1 amide bonds. The zero-order chi connectivity index (χ0) is 24.8. The fourth-order valence-corrected chi connectivity index (χ4v) is 3.10. The molecule has 4 aromatic rings. The van der Waals surface area contributed by atoms with Crippen molar-refractivity contribution in [3.63, 3.8) is 0 Å². The Morgan fingerprint density at radius 2 is 1.94 bits per heavy atom. The van der Waals surface area contributed by atoms with Gasteiger partial charge in [-0.1, -0.05) is 17.3 Å². The summed E-state index contributed by atoms with van der Waals surface area (Å²) in [5.41, 5.74) is 10.4. The van der Waals surface area contributed by atoms with Crippen LogP contribution < -0.4 is 20.8 Å². The number of carbonyl (C=O) groups is 1. The lowest BCUT2D eigenvalue weighted by Gasteiger charge is -2.09. The molecule has 0 saturated heterocycles. The van der Waals surface area contributed by atoms with E-state index in [0.717, 1.165) is 16.0 Å². The molecule has 180 valence electrons. The Hall–Kier alpha value is -4.65. The van der Waals surface area contributed by atoms with E-state index in [1.807, 2.05) is 14.1 Å². The number of hydrogen-bond donors (Lipinski definition) is 3. The molecule has 0 atom stereocenters. The lowest BCUT2D eigenvalue weighted by atomic mass is 10.2. The van der Waals surface area contributed by atoms with Crippen molar-refractivity contribution < 1.29 is 23.5 Å². The third kappa shape index (κ3) is 5.83. The molecule has 0 radical (unpaired) electrons. The first kappa shape index (κ1) is 23.5. The molecule has 0 aliphatic rings. The summed E-state index contributed by atoms with van der Waals surface area (Å²) in [6.45, 7) is 0.725. The van der Waals surface area contributed by atoms with Gasteiger partial charge in [0.2, 0.25) is 11.6 Å². The summed E-state index contributed by atoms with van der Waals surface area (Å²) in [5, 5.41) is 19.2. The molecule has 13 heteroatoms. The molecule has 2 aromatic heterocycles. The number of anilines is 1. The Morgan fingerprint density at radius 1 is 1.20 bits per heavy atom. The van der Waals surface area contributed by atoms with Crippen LogP contribution in [0, 0.1) is 5.82 Å². The zero-order valence-electron chi connectivity index (χ0n) is 19.0. The highest BCUT2D eigenvalue weighted by atomic mass is 19.1. The average Bonchev–Trinajstić information content (AvgIpc) is 3.44. The minimum atomic E-state index is -0.543. The lowest BCUT2D eigenvalue weighted by molar-refractivity contribution is -0.873. The van der Waals surface area contributed by atoms with Gasteiger partial charge in [-0.2, -0.15) is 9.78 Å². The number of ether oxygens (including phenoxy) is 1. The SMILES string of the molecule is C[NH+](C)Cc1c(C(=O)N/N=C\c2ccc(OCc3ccc(F)cc3)cc2)nnn1-c1nonc1N. The topological polar surface area (TPSA) is 151 Å². The predicted molar refractivity (Wildman–Crippen MR) is 122 cm³/mol. The van der Waals surface area contributed by atoms with Crippen LogP contribution in [0.5, 0.6) is 5.75 Å². The maximum absolute atomic E-state index is 13.0. The second kappa shape index (κ2) is 10.5. The van der Waals surface area contributed by atoms with Gasteiger partial charge in [-0.25, -0.2) is 14.4 Å². The summed E-state index contributed by atoms with van der Waals surface area (Å²) >= 11 is 0. The third-order valence-electron chi connectivity index (χ3n) is 4.77. The molecule has 2 heterocycles. The Labute approximate surface area is 199 Å². The summed E-state index contributed by atoms with van der Waals surface area (Å²) in [4.78, 5) is 13.7. The summed E-state index contributed by atoms with van der Waals surface area (Å²) < 4.78 is 24.6. The van der Waals surface area contributed by atoms with Crippen LogP contribution in [0.3, 0.4) is 0 Å². The van der Waals surface area contributed by atoms with Gasteiger partial charge in [0.25, 0.3) is 5.91 Å². The monoisotopic (exact) mass is 480 g/mol. The van der Waals surface area contributed by atoms with Crippen LogP contribution >= 0.6 is 0 Å². The molecule has 2 aromatic carbocycles. The van der Waals surface area contributed by atoms with Gasteiger partial charge in [0.05, 0.1) is 20.3 Å². The first-order valence-electron chi connectivity index (χ1n) is 10.5. The summed E-state index contributed by atoms with van der Waals surface area (Å²) in [5.74, 6) is -0.0123. The summed E-state index contributed by atoms with van der Waals surface area (Å²) in [6, 6.07) is 13.2. The average molecular weight is 480 g/mol. The molecule has 12 nitrogen and oxygen atoms in total. The predicted octanol–water partition coefficient (Wildman–Crippen LogP) is 0.359. The molecule has 4 rings (SSSR count). The summed E-state index contributed by atoms with van der Waals surface area (Å²) in [7, 11) is 3.82. The number of aromatic nitrogens is 5. The highest BCUT2D eigenvalue weighted by Crippen LogP contribution is 2.16. The van der Waals surface area contributed by atoms with Crippen LogP contribution in [-0.4, -0.2) is 51.5 Å². The van der Waals surface area contributed by atoms with Crippen LogP contribution in [-0.2, 0) is 13.2 Å². The van der Waals surface area contributed by atoms with Crippen molar-refractivity contribution >= 4 is 17.9 Å². The number of rotatable bonds is 9. The molecule has 0 aliphatic heterocycles. The van der Waals surface area contributed by atoms with Gasteiger partial charge in [0, 0.05) is 0 Å². The van der Waals surface area contributed by atoms with Crippen LogP contribution in [0.15, 0.2) is 58.3 Å². The molecular formula is C22H23FN9O3+. The number of nitrogens with one attached hydrogen (secondary N) is 2. The highest BCUT2D eigenvalue weighted by molar-refractivity contribution is 5.94. The van der Waals surface area contributed by atoms with Crippen LogP contribution in [0.25, 0.3) is 5.82 Å². The van der Waals surface area contributed by atoms with Crippen molar-refractivity contribution in [1.82, 2.24) is 30.7 Å². The Bertz CT molecular complexity index is 1310. The minimum absolute atomic E-state index is 0.0278. The van der Waals surface area contributed by atoms with E-state index in [9.17, 15) is 9.18 Å². The second-order valence-electron chi connectivity index (χ2n) is 7.84. The smallest absolute Gasteiger partial charge is 0.294 e. The third-order valence-corrected chi connectivity index (χ3v) is 4.77. The Kier molecular flexibility index (Phi) is 7.07. The van der Waals surface area contributed by atoms with E-state index in [2.05, 4.69) is 35.8 Å². The maximum Gasteiger partial charge on any atom is 0.294 e. The number of hydrazone groups is 1. The van der Waals surface area contributed by atoms with Crippen molar-refractivity contribution in [1.29, 1.82) is 0 Å². The normalized spacial score (nSPS) is 11.3. The second-order valence-corrected chi connectivity index (χ2v) is 7.84. The largest absolute Gasteiger partial charge is 0.489 e. The number of amides is 1. The molecule has 35 heavy (non-hydrogen) atoms. The van der Waals surface area contributed by atoms with E-state index in [1.54, 1.807) is 36.4 Å². The molecule has 0 unspecified atom stereocenters. The van der Waals surface area contributed by atoms with E-state index >= 15 is 0 Å². The zero-order valence-corrected chi connectivity index (χ0v) is 19.0. The number of halogens is 1. The van der Waals surface area contributed by atoms with Crippen molar-refractivity contribution in [2.75, 3.05) is 19.8 Å². The van der Waals surface area contributed by atoms with Crippen LogP contribution in [0.4, 0.5) is 10.2 Å². The van der Waals surface area contributed by atoms with Gasteiger partial charge in [0.1, 0.15) is 30.4 Å². The van der Waals surface area contributed by atoms with E-state index in [1.165, 1.54) is 23.0 Å². The number of benzene rings is 2. The van der Waals surface area contributed by atoms with Crippen LogP contribution in [0.2, 0.25) is 0 Å². The summed E-state index contributed by atoms with van der Waals surface area (Å²) in [6.07, 6.45) is 1.49. The highest BCUT2D eigenvalue weighted by Gasteiger charge is 2.25. The van der Waals surface area contributed by atoms with Gasteiger partial charge < -0.3 is 15.4 Å². The van der Waals surface area contributed by atoms with Gasteiger partial charge in [0.15, 0.2) is 5.69 Å². The molecule has 0 aliphatic carbocycles. The molecule has 0 bridgehead atoms. The maximum atomic E-state index is 13.0. The van der Waals surface area contributed by atoms with E-state index in [4.69, 9.17) is 10.5 Å². The van der Waals surface area contributed by atoms with Gasteiger partial charge >= 0.3 is 0 Å². The van der Waals surface area contributed by atoms with Gasteiger partial charge in [-0.15, -0.1) is 5.10 Å². The number of hydrogen-bond acceptors (Lipinski definition) is 9. The van der Waals surface area contributed by atoms with Gasteiger partial charge in [-0.05, 0) is 57.8 Å². The fraction of sp³-hybridized carbons (Fsp3) is 0.182. The number of carbonyl (C=O) groups excluding carboxylic acids is 1. The van der Waals surface area contributed by atoms with Crippen LogP contribution in [0.1, 0.15) is 27.3 Å². The molecule has 0 fully saturated rings. The Balaban J connectivity index is 1.38. The quantitative estimate of drug-likeness (QED) is 0.229. The van der Waals surface area contributed by atoms with Crippen molar-refractivity contribution in [3.8, 4) is 11.6 Å². The van der Waals surface area contributed by atoms with Crippen molar-refractivity contribution in [2.45, 2.75) is 13.2 Å². The number of nitrogen functional groups attached to an aromatic ring is 1. The van der Waals surface area contributed by atoms with Crippen molar-refractivity contribution in [3.05, 3.63) is 76.9 Å². The number of quaternary nitrogens is 1. The lowest BCUT2D eigenvalue weighted by Crippen LogP contribution is -3.04. The molecule has 0 spiro atoms. The standard InChI is InChI=1S/C22H22FN9O3/c1-31(2)12-18-19(26-30-32(18)21-20(24)28-35-29-21)22(33)27-25-11-14-5-9-17(10-6-14)34-13-15-3-7-16(23)8-4-15/h3-11H,12-13H2,1-2H3,(H2,24,28)(H,27,33)/p+1/b25-11-. The molecule has 4 N–H and O–H groups in total. The fourth-order valence-electron chi connectivity index (χ4n) is 3.10. The number of nitrogens with two attached hydrogens (primary N) is 1. The van der Waals surface area contributed by atoms with E-state index in [-0.39, 0.29) is 23.1 Å². The minimum Gasteiger partial charge on any atom is -0.489 e. The molecular weight excluding hydrogens is 457 g/mol. The van der Waals surface area contributed by atoms with E-state index < -0.39 is 5.91 Å².